The Morgan fingerprint density at radius 1 is 1.18 bits per heavy atom. The highest BCUT2D eigenvalue weighted by Crippen LogP contribution is 2.27. The number of hydrogen-bond donors (Lipinski definition) is 1. The molecule has 0 fully saturated rings. The zero-order valence-electron chi connectivity index (χ0n) is 12.9. The predicted molar refractivity (Wildman–Crippen MR) is 87.6 cm³/mol. The van der Waals surface area contributed by atoms with Gasteiger partial charge in [-0.3, -0.25) is 4.79 Å². The lowest BCUT2D eigenvalue weighted by Gasteiger charge is -2.11. The lowest BCUT2D eigenvalue weighted by Crippen LogP contribution is -2.18. The minimum Gasteiger partial charge on any atom is -0.436 e. The summed E-state index contributed by atoms with van der Waals surface area (Å²) in [6.07, 6.45) is 0. The van der Waals surface area contributed by atoms with Crippen molar-refractivity contribution in [2.24, 2.45) is 5.92 Å². The van der Waals surface area contributed by atoms with Gasteiger partial charge in [-0.05, 0) is 42.8 Å². The number of aromatic nitrogens is 1. The largest absolute Gasteiger partial charge is 0.436 e. The zero-order chi connectivity index (χ0) is 15.7. The SMILES string of the molecule is Cc1cc(-c2nc3ccccc3o2)ccc1NC(=O)C(C)C. The first-order valence-electron chi connectivity index (χ1n) is 7.32. The Bertz CT molecular complexity index is 801. The van der Waals surface area contributed by atoms with Crippen LogP contribution in [0.15, 0.2) is 46.9 Å². The van der Waals surface area contributed by atoms with Crippen molar-refractivity contribution in [3.05, 3.63) is 48.0 Å². The zero-order valence-corrected chi connectivity index (χ0v) is 12.9. The number of aryl methyl sites for hydroxylation is 1. The van der Waals surface area contributed by atoms with Crippen molar-refractivity contribution in [2.45, 2.75) is 20.8 Å². The summed E-state index contributed by atoms with van der Waals surface area (Å²) in [4.78, 5) is 16.3. The van der Waals surface area contributed by atoms with Gasteiger partial charge in [0.1, 0.15) is 5.52 Å². The third kappa shape index (κ3) is 2.72. The molecule has 0 atom stereocenters. The number of oxazole rings is 1. The van der Waals surface area contributed by atoms with Crippen molar-refractivity contribution in [1.29, 1.82) is 0 Å². The highest BCUT2D eigenvalue weighted by molar-refractivity contribution is 5.93. The van der Waals surface area contributed by atoms with Gasteiger partial charge in [0.2, 0.25) is 11.8 Å². The first-order valence-corrected chi connectivity index (χ1v) is 7.32. The van der Waals surface area contributed by atoms with Crippen molar-refractivity contribution >= 4 is 22.7 Å². The van der Waals surface area contributed by atoms with Gasteiger partial charge in [0, 0.05) is 17.2 Å². The van der Waals surface area contributed by atoms with Gasteiger partial charge in [-0.25, -0.2) is 4.98 Å². The molecule has 0 saturated heterocycles. The van der Waals surface area contributed by atoms with Gasteiger partial charge in [-0.15, -0.1) is 0 Å². The molecule has 4 heteroatoms. The molecule has 22 heavy (non-hydrogen) atoms. The average molecular weight is 294 g/mol. The van der Waals surface area contributed by atoms with E-state index in [2.05, 4.69) is 10.3 Å². The van der Waals surface area contributed by atoms with E-state index >= 15 is 0 Å². The Morgan fingerprint density at radius 2 is 1.95 bits per heavy atom. The molecule has 1 aromatic heterocycles. The van der Waals surface area contributed by atoms with Crippen LogP contribution >= 0.6 is 0 Å². The second-order valence-corrected chi connectivity index (χ2v) is 5.66. The van der Waals surface area contributed by atoms with Crippen molar-refractivity contribution in [3.63, 3.8) is 0 Å². The Kier molecular flexibility index (Phi) is 3.67. The van der Waals surface area contributed by atoms with Gasteiger partial charge >= 0.3 is 0 Å². The number of fused-ring (bicyclic) bond motifs is 1. The first-order chi connectivity index (χ1) is 10.5. The molecular formula is C18H18N2O2. The van der Waals surface area contributed by atoms with E-state index in [-0.39, 0.29) is 11.8 Å². The minimum absolute atomic E-state index is 0.0118. The van der Waals surface area contributed by atoms with E-state index in [0.29, 0.717) is 5.89 Å². The first kappa shape index (κ1) is 14.3. The maximum atomic E-state index is 11.8. The predicted octanol–water partition coefficient (Wildman–Crippen LogP) is 4.40. The number of para-hydroxylation sites is 2. The number of carbonyl (C=O) groups is 1. The van der Waals surface area contributed by atoms with Crippen LogP contribution in [0, 0.1) is 12.8 Å². The van der Waals surface area contributed by atoms with Gasteiger partial charge in [-0.1, -0.05) is 26.0 Å². The van der Waals surface area contributed by atoms with E-state index in [1.165, 1.54) is 0 Å². The Labute approximate surface area is 129 Å². The monoisotopic (exact) mass is 294 g/mol. The van der Waals surface area contributed by atoms with Crippen LogP contribution in [0.2, 0.25) is 0 Å². The molecule has 1 heterocycles. The van der Waals surface area contributed by atoms with Gasteiger partial charge in [-0.2, -0.15) is 0 Å². The number of carbonyl (C=O) groups excluding carboxylic acids is 1. The number of rotatable bonds is 3. The lowest BCUT2D eigenvalue weighted by atomic mass is 10.1. The molecular weight excluding hydrogens is 276 g/mol. The second-order valence-electron chi connectivity index (χ2n) is 5.66. The summed E-state index contributed by atoms with van der Waals surface area (Å²) in [5.41, 5.74) is 4.31. The molecule has 0 bridgehead atoms. The van der Waals surface area contributed by atoms with E-state index in [1.807, 2.05) is 63.2 Å². The fourth-order valence-electron chi connectivity index (χ4n) is 2.21. The highest BCUT2D eigenvalue weighted by Gasteiger charge is 2.12. The minimum atomic E-state index is -0.0453. The summed E-state index contributed by atoms with van der Waals surface area (Å²) in [6, 6.07) is 13.5. The third-order valence-electron chi connectivity index (χ3n) is 3.55. The van der Waals surface area contributed by atoms with Gasteiger partial charge in [0.25, 0.3) is 0 Å². The number of nitrogens with one attached hydrogen (secondary N) is 1. The van der Waals surface area contributed by atoms with Gasteiger partial charge in [0.05, 0.1) is 0 Å². The maximum Gasteiger partial charge on any atom is 0.227 e. The molecule has 1 amide bonds. The summed E-state index contributed by atoms with van der Waals surface area (Å²) in [6.45, 7) is 5.71. The summed E-state index contributed by atoms with van der Waals surface area (Å²) in [5, 5.41) is 2.92. The normalized spacial score (nSPS) is 11.1. The molecule has 3 rings (SSSR count). The summed E-state index contributed by atoms with van der Waals surface area (Å²) in [7, 11) is 0. The van der Waals surface area contributed by atoms with Gasteiger partial charge in [0.15, 0.2) is 5.58 Å². The van der Waals surface area contributed by atoms with Crippen molar-refractivity contribution < 1.29 is 9.21 Å². The van der Waals surface area contributed by atoms with Crippen LogP contribution < -0.4 is 5.32 Å². The molecule has 1 N–H and O–H groups in total. The second kappa shape index (κ2) is 5.64. The van der Waals surface area contributed by atoms with Crippen LogP contribution in [0.5, 0.6) is 0 Å². The molecule has 0 aliphatic carbocycles. The molecule has 4 nitrogen and oxygen atoms in total. The molecule has 0 saturated carbocycles. The Hall–Kier alpha value is -2.62. The van der Waals surface area contributed by atoms with Crippen molar-refractivity contribution in [3.8, 4) is 11.5 Å². The number of amides is 1. The molecule has 0 aliphatic heterocycles. The quantitative estimate of drug-likeness (QED) is 0.779. The van der Waals surface area contributed by atoms with Crippen LogP contribution in [0.4, 0.5) is 5.69 Å². The highest BCUT2D eigenvalue weighted by atomic mass is 16.3. The van der Waals surface area contributed by atoms with Crippen LogP contribution in [0.25, 0.3) is 22.6 Å². The third-order valence-corrected chi connectivity index (χ3v) is 3.55. The summed E-state index contributed by atoms with van der Waals surface area (Å²) < 4.78 is 5.77. The van der Waals surface area contributed by atoms with E-state index in [9.17, 15) is 4.79 Å². The van der Waals surface area contributed by atoms with Crippen LogP contribution in [0.1, 0.15) is 19.4 Å². The fourth-order valence-corrected chi connectivity index (χ4v) is 2.21. The number of hydrogen-bond acceptors (Lipinski definition) is 3. The summed E-state index contributed by atoms with van der Waals surface area (Å²) >= 11 is 0. The summed E-state index contributed by atoms with van der Waals surface area (Å²) in [5.74, 6) is 0.555. The molecule has 0 spiro atoms. The molecule has 112 valence electrons. The average Bonchev–Trinajstić information content (AvgIpc) is 2.93. The molecule has 0 aliphatic rings. The van der Waals surface area contributed by atoms with E-state index in [0.717, 1.165) is 27.9 Å². The lowest BCUT2D eigenvalue weighted by molar-refractivity contribution is -0.118. The van der Waals surface area contributed by atoms with Crippen molar-refractivity contribution in [1.82, 2.24) is 4.98 Å². The molecule has 0 unspecified atom stereocenters. The van der Waals surface area contributed by atoms with Crippen LogP contribution in [-0.2, 0) is 4.79 Å². The molecule has 0 radical (unpaired) electrons. The molecule has 2 aromatic carbocycles. The molecule has 3 aromatic rings. The fraction of sp³-hybridized carbons (Fsp3) is 0.222. The smallest absolute Gasteiger partial charge is 0.227 e. The van der Waals surface area contributed by atoms with Crippen LogP contribution in [0.3, 0.4) is 0 Å². The topological polar surface area (TPSA) is 55.1 Å². The Morgan fingerprint density at radius 3 is 2.64 bits per heavy atom. The standard InChI is InChI=1S/C18H18N2O2/c1-11(2)17(21)19-14-9-8-13(10-12(14)3)18-20-15-6-4-5-7-16(15)22-18/h4-11H,1-3H3,(H,19,21). The number of anilines is 1. The van der Waals surface area contributed by atoms with E-state index < -0.39 is 0 Å². The maximum absolute atomic E-state index is 11.8. The Balaban J connectivity index is 1.92. The van der Waals surface area contributed by atoms with Gasteiger partial charge < -0.3 is 9.73 Å². The van der Waals surface area contributed by atoms with Crippen LogP contribution in [-0.4, -0.2) is 10.9 Å². The number of benzene rings is 2. The van der Waals surface area contributed by atoms with E-state index in [4.69, 9.17) is 4.42 Å². The van der Waals surface area contributed by atoms with E-state index in [1.54, 1.807) is 0 Å². The number of nitrogens with zero attached hydrogens (tertiary/aromatic N) is 1. The van der Waals surface area contributed by atoms with Crippen molar-refractivity contribution in [2.75, 3.05) is 5.32 Å².